The third-order valence-corrected chi connectivity index (χ3v) is 3.00. The minimum Gasteiger partial charge on any atom is -0.393 e. The summed E-state index contributed by atoms with van der Waals surface area (Å²) in [6, 6.07) is 4.10. The molecule has 0 amide bonds. The van der Waals surface area contributed by atoms with E-state index in [1.54, 1.807) is 6.20 Å². The van der Waals surface area contributed by atoms with E-state index >= 15 is 0 Å². The molecule has 1 aromatic rings. The van der Waals surface area contributed by atoms with Gasteiger partial charge >= 0.3 is 0 Å². The van der Waals surface area contributed by atoms with Crippen molar-refractivity contribution in [1.29, 1.82) is 0 Å². The van der Waals surface area contributed by atoms with Crippen molar-refractivity contribution < 1.29 is 5.11 Å². The Labute approximate surface area is 90.8 Å². The fourth-order valence-corrected chi connectivity index (χ4v) is 1.98. The molecule has 3 heteroatoms. The lowest BCUT2D eigenvalue weighted by molar-refractivity contribution is 0.0832. The van der Waals surface area contributed by atoms with Crippen molar-refractivity contribution in [2.75, 3.05) is 19.6 Å². The summed E-state index contributed by atoms with van der Waals surface area (Å²) < 4.78 is 0. The first-order chi connectivity index (χ1) is 7.34. The highest BCUT2D eigenvalue weighted by atomic mass is 16.3. The molecule has 1 fully saturated rings. The summed E-state index contributed by atoms with van der Waals surface area (Å²) in [6.45, 7) is 3.14. The molecule has 1 aromatic heterocycles. The van der Waals surface area contributed by atoms with Crippen molar-refractivity contribution in [3.05, 3.63) is 30.1 Å². The monoisotopic (exact) mass is 206 g/mol. The van der Waals surface area contributed by atoms with Crippen LogP contribution in [0.5, 0.6) is 0 Å². The maximum atomic E-state index is 9.38. The van der Waals surface area contributed by atoms with Gasteiger partial charge in [-0.05, 0) is 30.9 Å². The molecule has 1 aliphatic heterocycles. The van der Waals surface area contributed by atoms with Crippen molar-refractivity contribution in [2.45, 2.75) is 25.4 Å². The van der Waals surface area contributed by atoms with Gasteiger partial charge in [0.25, 0.3) is 0 Å². The second kappa shape index (κ2) is 5.24. The van der Waals surface area contributed by atoms with E-state index in [0.717, 1.165) is 38.9 Å². The van der Waals surface area contributed by atoms with Gasteiger partial charge in [0.15, 0.2) is 0 Å². The van der Waals surface area contributed by atoms with Crippen molar-refractivity contribution in [3.8, 4) is 0 Å². The Morgan fingerprint density at radius 3 is 2.87 bits per heavy atom. The van der Waals surface area contributed by atoms with Crippen LogP contribution in [0.25, 0.3) is 0 Å². The van der Waals surface area contributed by atoms with Crippen LogP contribution in [0.3, 0.4) is 0 Å². The third-order valence-electron chi connectivity index (χ3n) is 3.00. The maximum Gasteiger partial charge on any atom is 0.0564 e. The molecule has 82 valence electrons. The molecule has 0 radical (unpaired) electrons. The Balaban J connectivity index is 1.74. The zero-order valence-electron chi connectivity index (χ0n) is 8.97. The van der Waals surface area contributed by atoms with Gasteiger partial charge in [0.2, 0.25) is 0 Å². The van der Waals surface area contributed by atoms with Gasteiger partial charge < -0.3 is 10.0 Å². The minimum atomic E-state index is -0.0698. The van der Waals surface area contributed by atoms with E-state index in [1.165, 1.54) is 5.56 Å². The van der Waals surface area contributed by atoms with Gasteiger partial charge in [-0.2, -0.15) is 0 Å². The van der Waals surface area contributed by atoms with Crippen molar-refractivity contribution in [1.82, 2.24) is 9.88 Å². The molecule has 1 N–H and O–H groups in total. The molecule has 2 heterocycles. The normalized spacial score (nSPS) is 19.3. The lowest BCUT2D eigenvalue weighted by Crippen LogP contribution is -2.37. The molecule has 15 heavy (non-hydrogen) atoms. The molecule has 0 saturated carbocycles. The minimum absolute atomic E-state index is 0.0698. The van der Waals surface area contributed by atoms with Gasteiger partial charge in [0.1, 0.15) is 0 Å². The number of pyridine rings is 1. The van der Waals surface area contributed by atoms with Gasteiger partial charge in [0.05, 0.1) is 6.10 Å². The summed E-state index contributed by atoms with van der Waals surface area (Å²) in [5, 5.41) is 9.38. The fraction of sp³-hybridized carbons (Fsp3) is 0.583. The smallest absolute Gasteiger partial charge is 0.0564 e. The first-order valence-electron chi connectivity index (χ1n) is 5.64. The quantitative estimate of drug-likeness (QED) is 0.804. The predicted octanol–water partition coefficient (Wildman–Crippen LogP) is 1.08. The van der Waals surface area contributed by atoms with Gasteiger partial charge in [-0.25, -0.2) is 0 Å². The molecule has 0 unspecified atom stereocenters. The summed E-state index contributed by atoms with van der Waals surface area (Å²) in [6.07, 6.45) is 6.57. The summed E-state index contributed by atoms with van der Waals surface area (Å²) in [4.78, 5) is 6.52. The van der Waals surface area contributed by atoms with Crippen molar-refractivity contribution in [3.63, 3.8) is 0 Å². The van der Waals surface area contributed by atoms with E-state index in [2.05, 4.69) is 16.0 Å². The molecule has 0 spiro atoms. The molecule has 1 aliphatic rings. The highest BCUT2D eigenvalue weighted by Crippen LogP contribution is 2.10. The number of aliphatic hydroxyl groups is 1. The van der Waals surface area contributed by atoms with Crippen LogP contribution in [0.4, 0.5) is 0 Å². The molecule has 2 rings (SSSR count). The summed E-state index contributed by atoms with van der Waals surface area (Å²) in [5.41, 5.74) is 1.30. The highest BCUT2D eigenvalue weighted by molar-refractivity contribution is 5.08. The molecule has 0 aromatic carbocycles. The van der Waals surface area contributed by atoms with Gasteiger partial charge in [-0.1, -0.05) is 6.07 Å². The van der Waals surface area contributed by atoms with Gasteiger partial charge in [-0.3, -0.25) is 4.98 Å². The van der Waals surface area contributed by atoms with E-state index in [-0.39, 0.29) is 6.10 Å². The number of rotatable bonds is 3. The van der Waals surface area contributed by atoms with Gasteiger partial charge in [-0.15, -0.1) is 0 Å². The fourth-order valence-electron chi connectivity index (χ4n) is 1.98. The van der Waals surface area contributed by atoms with Crippen LogP contribution in [0, 0.1) is 0 Å². The van der Waals surface area contributed by atoms with E-state index < -0.39 is 0 Å². The second-order valence-corrected chi connectivity index (χ2v) is 4.18. The number of likely N-dealkylation sites (tertiary alicyclic amines) is 1. The van der Waals surface area contributed by atoms with Crippen LogP contribution in [0.2, 0.25) is 0 Å². The Hall–Kier alpha value is -0.930. The Bertz CT molecular complexity index is 281. The molecule has 0 bridgehead atoms. The Morgan fingerprint density at radius 1 is 1.40 bits per heavy atom. The first kappa shape index (κ1) is 10.6. The lowest BCUT2D eigenvalue weighted by Gasteiger charge is -2.29. The maximum absolute atomic E-state index is 9.38. The van der Waals surface area contributed by atoms with Crippen LogP contribution in [0.15, 0.2) is 24.5 Å². The summed E-state index contributed by atoms with van der Waals surface area (Å²) in [7, 11) is 0. The zero-order chi connectivity index (χ0) is 10.5. The SMILES string of the molecule is OC1CCN(CCc2cccnc2)CC1. The average molecular weight is 206 g/mol. The second-order valence-electron chi connectivity index (χ2n) is 4.18. The zero-order valence-corrected chi connectivity index (χ0v) is 8.97. The van der Waals surface area contributed by atoms with E-state index in [4.69, 9.17) is 0 Å². The van der Waals surface area contributed by atoms with Crippen LogP contribution in [-0.2, 0) is 6.42 Å². The van der Waals surface area contributed by atoms with E-state index in [9.17, 15) is 5.11 Å². The average Bonchev–Trinajstić information content (AvgIpc) is 2.30. The molecule has 1 saturated heterocycles. The predicted molar refractivity (Wildman–Crippen MR) is 59.6 cm³/mol. The van der Waals surface area contributed by atoms with Crippen LogP contribution >= 0.6 is 0 Å². The summed E-state index contributed by atoms with van der Waals surface area (Å²) >= 11 is 0. The number of hydrogen-bond acceptors (Lipinski definition) is 3. The third kappa shape index (κ3) is 3.29. The van der Waals surface area contributed by atoms with Crippen molar-refractivity contribution in [2.24, 2.45) is 0 Å². The Kier molecular flexibility index (Phi) is 3.69. The number of aliphatic hydroxyl groups excluding tert-OH is 1. The first-order valence-corrected chi connectivity index (χ1v) is 5.64. The molecule has 3 nitrogen and oxygen atoms in total. The van der Waals surface area contributed by atoms with Crippen LogP contribution < -0.4 is 0 Å². The van der Waals surface area contributed by atoms with Crippen LogP contribution in [0.1, 0.15) is 18.4 Å². The number of piperidine rings is 1. The molecular formula is C12H18N2O. The van der Waals surface area contributed by atoms with Gasteiger partial charge in [0, 0.05) is 32.0 Å². The van der Waals surface area contributed by atoms with E-state index in [1.807, 2.05) is 12.3 Å². The molecule has 0 atom stereocenters. The summed E-state index contributed by atoms with van der Waals surface area (Å²) in [5.74, 6) is 0. The topological polar surface area (TPSA) is 36.4 Å². The standard InChI is InChI=1S/C12H18N2O/c15-12-4-8-14(9-5-12)7-3-11-2-1-6-13-10-11/h1-2,6,10,12,15H,3-5,7-9H2. The number of aromatic nitrogens is 1. The molecule has 0 aliphatic carbocycles. The van der Waals surface area contributed by atoms with Crippen molar-refractivity contribution >= 4 is 0 Å². The van der Waals surface area contributed by atoms with E-state index in [0.29, 0.717) is 0 Å². The largest absolute Gasteiger partial charge is 0.393 e. The number of hydrogen-bond donors (Lipinski definition) is 1. The lowest BCUT2D eigenvalue weighted by atomic mass is 10.1. The Morgan fingerprint density at radius 2 is 2.20 bits per heavy atom. The molecular weight excluding hydrogens is 188 g/mol. The number of nitrogens with zero attached hydrogens (tertiary/aromatic N) is 2. The highest BCUT2D eigenvalue weighted by Gasteiger charge is 2.16. The van der Waals surface area contributed by atoms with Crippen LogP contribution in [-0.4, -0.2) is 40.7 Å².